The topological polar surface area (TPSA) is 74.1 Å². The fourth-order valence-corrected chi connectivity index (χ4v) is 1.93. The Morgan fingerprint density at radius 3 is 2.73 bits per heavy atom. The van der Waals surface area contributed by atoms with Crippen LogP contribution in [-0.4, -0.2) is 36.2 Å². The van der Waals surface area contributed by atoms with E-state index in [4.69, 9.17) is 4.74 Å². The second-order valence-electron chi connectivity index (χ2n) is 3.05. The molecule has 0 bridgehead atoms. The van der Waals surface area contributed by atoms with Crippen LogP contribution in [0.2, 0.25) is 0 Å². The maximum Gasteiger partial charge on any atom is 0.252 e. The van der Waals surface area contributed by atoms with Gasteiger partial charge in [-0.15, -0.1) is 9.19 Å². The lowest BCUT2D eigenvalue weighted by Gasteiger charge is -1.99. The number of benzene rings is 1. The molecule has 0 saturated heterocycles. The van der Waals surface area contributed by atoms with Crippen LogP contribution in [0.3, 0.4) is 0 Å². The normalized spacial score (nSPS) is 11.9. The highest BCUT2D eigenvalue weighted by molar-refractivity contribution is 7.89. The smallest absolute Gasteiger partial charge is 0.252 e. The Morgan fingerprint density at radius 2 is 2.13 bits per heavy atom. The van der Waals surface area contributed by atoms with Crippen molar-refractivity contribution in [3.05, 3.63) is 18.2 Å². The third kappa shape index (κ3) is 1.65. The van der Waals surface area contributed by atoms with Crippen LogP contribution in [-0.2, 0) is 10.0 Å². The van der Waals surface area contributed by atoms with Gasteiger partial charge >= 0.3 is 0 Å². The van der Waals surface area contributed by atoms with E-state index in [-0.39, 0.29) is 0 Å². The van der Waals surface area contributed by atoms with Gasteiger partial charge in [-0.3, -0.25) is 0 Å². The first kappa shape index (κ1) is 9.91. The molecule has 0 N–H and O–H groups in total. The molecule has 0 amide bonds. The number of fused-ring (bicyclic) bond motifs is 1. The summed E-state index contributed by atoms with van der Waals surface area (Å²) in [5.41, 5.74) is 0.929. The number of rotatable bonds is 2. The largest absolute Gasteiger partial charge is 0.497 e. The number of methoxy groups -OCH3 is 1. The molecular weight excluding hydrogens is 218 g/mol. The maximum absolute atomic E-state index is 11.3. The number of hydrogen-bond acceptors (Lipinski definition) is 5. The minimum atomic E-state index is -3.40. The van der Waals surface area contributed by atoms with E-state index in [1.807, 2.05) is 0 Å². The molecule has 1 heterocycles. The van der Waals surface area contributed by atoms with Crippen LogP contribution in [0.15, 0.2) is 18.2 Å². The monoisotopic (exact) mass is 227 g/mol. The van der Waals surface area contributed by atoms with E-state index in [0.29, 0.717) is 16.8 Å². The van der Waals surface area contributed by atoms with Crippen molar-refractivity contribution in [3.8, 4) is 5.75 Å². The molecule has 0 radical (unpaired) electrons. The number of nitrogens with zero attached hydrogens (tertiary/aromatic N) is 3. The Morgan fingerprint density at radius 1 is 1.40 bits per heavy atom. The predicted molar refractivity (Wildman–Crippen MR) is 54.3 cm³/mol. The molecule has 0 aliphatic carbocycles. The Bertz CT molecular complexity index is 603. The molecular formula is C8H9N3O3S. The fraction of sp³-hybridized carbons (Fsp3) is 0.250. The van der Waals surface area contributed by atoms with E-state index < -0.39 is 10.0 Å². The summed E-state index contributed by atoms with van der Waals surface area (Å²) in [6.07, 6.45) is 1.07. The van der Waals surface area contributed by atoms with E-state index in [2.05, 4.69) is 10.3 Å². The molecule has 15 heavy (non-hydrogen) atoms. The molecule has 1 aromatic heterocycles. The minimum absolute atomic E-state index is 0.443. The van der Waals surface area contributed by atoms with Crippen molar-refractivity contribution in [3.63, 3.8) is 0 Å². The van der Waals surface area contributed by atoms with Gasteiger partial charge in [0, 0.05) is 6.07 Å². The zero-order valence-corrected chi connectivity index (χ0v) is 9.02. The first-order chi connectivity index (χ1) is 7.02. The standard InChI is InChI=1S/C8H9N3O3S/c1-14-6-3-4-8-7(5-6)9-10-11(8)15(2,12)13/h3-5H,1-2H3. The summed E-state index contributed by atoms with van der Waals surface area (Å²) in [6, 6.07) is 4.90. The van der Waals surface area contributed by atoms with Crippen molar-refractivity contribution in [2.24, 2.45) is 0 Å². The van der Waals surface area contributed by atoms with E-state index >= 15 is 0 Å². The molecule has 2 rings (SSSR count). The van der Waals surface area contributed by atoms with Gasteiger partial charge in [0.15, 0.2) is 0 Å². The summed E-state index contributed by atoms with van der Waals surface area (Å²) in [5.74, 6) is 0.614. The van der Waals surface area contributed by atoms with E-state index in [1.165, 1.54) is 7.11 Å². The average Bonchev–Trinajstić information content (AvgIpc) is 2.59. The summed E-state index contributed by atoms with van der Waals surface area (Å²) in [5, 5.41) is 7.31. The van der Waals surface area contributed by atoms with Crippen molar-refractivity contribution >= 4 is 21.1 Å². The van der Waals surface area contributed by atoms with Crippen molar-refractivity contribution in [1.82, 2.24) is 14.4 Å². The second kappa shape index (κ2) is 3.20. The number of hydrogen-bond donors (Lipinski definition) is 0. The third-order valence-electron chi connectivity index (χ3n) is 1.94. The molecule has 2 aromatic rings. The van der Waals surface area contributed by atoms with Crippen molar-refractivity contribution in [2.45, 2.75) is 0 Å². The van der Waals surface area contributed by atoms with Crippen molar-refractivity contribution in [1.29, 1.82) is 0 Å². The highest BCUT2D eigenvalue weighted by Crippen LogP contribution is 2.18. The second-order valence-corrected chi connectivity index (χ2v) is 4.86. The van der Waals surface area contributed by atoms with Crippen molar-refractivity contribution in [2.75, 3.05) is 13.4 Å². The quantitative estimate of drug-likeness (QED) is 0.735. The Labute approximate surface area is 86.5 Å². The molecule has 0 aliphatic rings. The van der Waals surface area contributed by atoms with Crippen LogP contribution in [0.1, 0.15) is 0 Å². The molecule has 0 saturated carbocycles. The van der Waals surface area contributed by atoms with Gasteiger partial charge in [-0.05, 0) is 12.1 Å². The first-order valence-electron chi connectivity index (χ1n) is 4.12. The van der Waals surface area contributed by atoms with Gasteiger partial charge in [-0.25, -0.2) is 8.42 Å². The van der Waals surface area contributed by atoms with Gasteiger partial charge in [0.1, 0.15) is 16.8 Å². The van der Waals surface area contributed by atoms with Crippen LogP contribution in [0.4, 0.5) is 0 Å². The SMILES string of the molecule is COc1ccc2c(c1)nnn2S(C)(=O)=O. The Balaban J connectivity index is 2.73. The minimum Gasteiger partial charge on any atom is -0.497 e. The maximum atomic E-state index is 11.3. The van der Waals surface area contributed by atoms with Crippen LogP contribution in [0.5, 0.6) is 5.75 Å². The van der Waals surface area contributed by atoms with Gasteiger partial charge in [0.2, 0.25) is 0 Å². The zero-order valence-electron chi connectivity index (χ0n) is 8.21. The zero-order chi connectivity index (χ0) is 11.1. The summed E-state index contributed by atoms with van der Waals surface area (Å²) in [4.78, 5) is 0. The molecule has 0 atom stereocenters. The van der Waals surface area contributed by atoms with Crippen LogP contribution >= 0.6 is 0 Å². The van der Waals surface area contributed by atoms with Gasteiger partial charge in [-0.2, -0.15) is 0 Å². The summed E-state index contributed by atoms with van der Waals surface area (Å²) in [7, 11) is -1.87. The first-order valence-corrected chi connectivity index (χ1v) is 5.97. The predicted octanol–water partition coefficient (Wildman–Crippen LogP) is 0.248. The molecule has 0 fully saturated rings. The van der Waals surface area contributed by atoms with Gasteiger partial charge < -0.3 is 4.74 Å². The lowest BCUT2D eigenvalue weighted by Crippen LogP contribution is -2.11. The Hall–Kier alpha value is -1.63. The van der Waals surface area contributed by atoms with Crippen LogP contribution < -0.4 is 4.74 Å². The van der Waals surface area contributed by atoms with Gasteiger partial charge in [0.25, 0.3) is 10.0 Å². The molecule has 0 aliphatic heterocycles. The van der Waals surface area contributed by atoms with E-state index in [1.54, 1.807) is 18.2 Å². The highest BCUT2D eigenvalue weighted by Gasteiger charge is 2.12. The number of aromatic nitrogens is 3. The lowest BCUT2D eigenvalue weighted by atomic mass is 10.3. The molecule has 0 unspecified atom stereocenters. The Kier molecular flexibility index (Phi) is 2.11. The molecule has 0 spiro atoms. The molecule has 7 heteroatoms. The lowest BCUT2D eigenvalue weighted by molar-refractivity contribution is 0.415. The van der Waals surface area contributed by atoms with Crippen LogP contribution in [0.25, 0.3) is 11.0 Å². The third-order valence-corrected chi connectivity index (χ3v) is 2.83. The molecule has 1 aromatic carbocycles. The van der Waals surface area contributed by atoms with Crippen LogP contribution in [0, 0.1) is 0 Å². The van der Waals surface area contributed by atoms with Crippen molar-refractivity contribution < 1.29 is 13.2 Å². The summed E-state index contributed by atoms with van der Waals surface area (Å²) >= 11 is 0. The van der Waals surface area contributed by atoms with E-state index in [0.717, 1.165) is 10.3 Å². The summed E-state index contributed by atoms with van der Waals surface area (Å²) in [6.45, 7) is 0. The fourth-order valence-electron chi connectivity index (χ4n) is 1.25. The van der Waals surface area contributed by atoms with Gasteiger partial charge in [-0.1, -0.05) is 5.21 Å². The molecule has 6 nitrogen and oxygen atoms in total. The van der Waals surface area contributed by atoms with Gasteiger partial charge in [0.05, 0.1) is 13.4 Å². The number of ether oxygens (including phenoxy) is 1. The summed E-state index contributed by atoms with van der Waals surface area (Å²) < 4.78 is 28.5. The van der Waals surface area contributed by atoms with E-state index in [9.17, 15) is 8.42 Å². The molecule has 80 valence electrons. The highest BCUT2D eigenvalue weighted by atomic mass is 32.2. The average molecular weight is 227 g/mol.